The first kappa shape index (κ1) is 13.2. The van der Waals surface area contributed by atoms with Crippen LogP contribution in [-0.2, 0) is 6.18 Å². The molecule has 0 radical (unpaired) electrons. The van der Waals surface area contributed by atoms with Gasteiger partial charge in [0.1, 0.15) is 5.75 Å². The van der Waals surface area contributed by atoms with E-state index in [2.05, 4.69) is 0 Å². The van der Waals surface area contributed by atoms with E-state index in [1.165, 1.54) is 12.1 Å². The summed E-state index contributed by atoms with van der Waals surface area (Å²) in [5, 5.41) is 0. The van der Waals surface area contributed by atoms with Gasteiger partial charge in [-0.05, 0) is 49.9 Å². The molecular formula is C13H16F3NO. The predicted molar refractivity (Wildman–Crippen MR) is 62.3 cm³/mol. The number of alkyl halides is 3. The Morgan fingerprint density at radius 3 is 2.06 bits per heavy atom. The van der Waals surface area contributed by atoms with Gasteiger partial charge in [-0.25, -0.2) is 0 Å². The number of hydrogen-bond acceptors (Lipinski definition) is 2. The molecule has 1 aromatic carbocycles. The van der Waals surface area contributed by atoms with E-state index < -0.39 is 11.7 Å². The normalized spacial score (nSPS) is 24.9. The molecule has 0 unspecified atom stereocenters. The molecule has 1 saturated carbocycles. The molecule has 5 heteroatoms. The van der Waals surface area contributed by atoms with E-state index in [1.54, 1.807) is 0 Å². The average Bonchev–Trinajstić information content (AvgIpc) is 2.32. The van der Waals surface area contributed by atoms with Gasteiger partial charge in [-0.3, -0.25) is 0 Å². The van der Waals surface area contributed by atoms with Crippen LogP contribution in [0.5, 0.6) is 5.75 Å². The van der Waals surface area contributed by atoms with Crippen LogP contribution < -0.4 is 10.5 Å². The molecule has 0 aliphatic heterocycles. The fraction of sp³-hybridized carbons (Fsp3) is 0.538. The SMILES string of the molecule is N[C@H]1CC[C@@H](Oc2ccc(C(F)(F)F)cc2)CC1. The van der Waals surface area contributed by atoms with Gasteiger partial charge in [0.2, 0.25) is 0 Å². The molecule has 1 aliphatic carbocycles. The predicted octanol–water partition coefficient (Wildman–Crippen LogP) is 3.35. The summed E-state index contributed by atoms with van der Waals surface area (Å²) in [5.41, 5.74) is 5.13. The number of ether oxygens (including phenoxy) is 1. The van der Waals surface area contributed by atoms with Crippen molar-refractivity contribution >= 4 is 0 Å². The highest BCUT2D eigenvalue weighted by atomic mass is 19.4. The number of nitrogens with two attached hydrogens (primary N) is 1. The summed E-state index contributed by atoms with van der Waals surface area (Å²) >= 11 is 0. The zero-order valence-electron chi connectivity index (χ0n) is 9.91. The zero-order chi connectivity index (χ0) is 13.2. The highest BCUT2D eigenvalue weighted by molar-refractivity contribution is 5.29. The van der Waals surface area contributed by atoms with E-state index in [4.69, 9.17) is 10.5 Å². The quantitative estimate of drug-likeness (QED) is 0.884. The topological polar surface area (TPSA) is 35.2 Å². The van der Waals surface area contributed by atoms with E-state index in [0.717, 1.165) is 37.8 Å². The van der Waals surface area contributed by atoms with Crippen LogP contribution in [0.3, 0.4) is 0 Å². The Balaban J connectivity index is 1.94. The summed E-state index contributed by atoms with van der Waals surface area (Å²) in [6.07, 6.45) is -0.682. The van der Waals surface area contributed by atoms with E-state index >= 15 is 0 Å². The van der Waals surface area contributed by atoms with E-state index in [-0.39, 0.29) is 12.1 Å². The van der Waals surface area contributed by atoms with Gasteiger partial charge in [0.15, 0.2) is 0 Å². The molecule has 0 spiro atoms. The second kappa shape index (κ2) is 5.18. The van der Waals surface area contributed by atoms with Gasteiger partial charge in [0, 0.05) is 6.04 Å². The van der Waals surface area contributed by atoms with Crippen molar-refractivity contribution in [2.45, 2.75) is 44.0 Å². The van der Waals surface area contributed by atoms with Crippen molar-refractivity contribution in [2.24, 2.45) is 5.73 Å². The molecule has 0 aromatic heterocycles. The van der Waals surface area contributed by atoms with Crippen molar-refractivity contribution in [3.8, 4) is 5.75 Å². The van der Waals surface area contributed by atoms with Gasteiger partial charge in [0.25, 0.3) is 0 Å². The molecule has 2 nitrogen and oxygen atoms in total. The fourth-order valence-electron chi connectivity index (χ4n) is 2.12. The number of benzene rings is 1. The lowest BCUT2D eigenvalue weighted by Gasteiger charge is -2.26. The summed E-state index contributed by atoms with van der Waals surface area (Å²) in [7, 11) is 0. The molecule has 18 heavy (non-hydrogen) atoms. The van der Waals surface area contributed by atoms with Crippen LogP contribution in [0.4, 0.5) is 13.2 Å². The first-order valence-electron chi connectivity index (χ1n) is 6.04. The van der Waals surface area contributed by atoms with Crippen LogP contribution in [0.15, 0.2) is 24.3 Å². The van der Waals surface area contributed by atoms with Crippen LogP contribution in [0.2, 0.25) is 0 Å². The maximum absolute atomic E-state index is 12.4. The number of hydrogen-bond donors (Lipinski definition) is 1. The molecule has 2 N–H and O–H groups in total. The van der Waals surface area contributed by atoms with Gasteiger partial charge in [-0.2, -0.15) is 13.2 Å². The molecule has 0 amide bonds. The van der Waals surface area contributed by atoms with Gasteiger partial charge >= 0.3 is 6.18 Å². The minimum atomic E-state index is -4.30. The van der Waals surface area contributed by atoms with Gasteiger partial charge in [0.05, 0.1) is 11.7 Å². The summed E-state index contributed by atoms with van der Waals surface area (Å²) in [5.74, 6) is 0.489. The third-order valence-corrected chi connectivity index (χ3v) is 3.20. The molecule has 0 heterocycles. The van der Waals surface area contributed by atoms with Gasteiger partial charge in [-0.1, -0.05) is 0 Å². The lowest BCUT2D eigenvalue weighted by Crippen LogP contribution is -2.31. The van der Waals surface area contributed by atoms with Crippen LogP contribution >= 0.6 is 0 Å². The van der Waals surface area contributed by atoms with Crippen molar-refractivity contribution in [3.63, 3.8) is 0 Å². The molecule has 0 saturated heterocycles. The third-order valence-electron chi connectivity index (χ3n) is 3.20. The smallest absolute Gasteiger partial charge is 0.416 e. The molecule has 1 aromatic rings. The van der Waals surface area contributed by atoms with E-state index in [9.17, 15) is 13.2 Å². The number of halogens is 3. The summed E-state index contributed by atoms with van der Waals surface area (Å²) in [6.45, 7) is 0. The summed E-state index contributed by atoms with van der Waals surface area (Å²) in [6, 6.07) is 5.07. The minimum Gasteiger partial charge on any atom is -0.490 e. The third kappa shape index (κ3) is 3.38. The highest BCUT2D eigenvalue weighted by Crippen LogP contribution is 2.31. The van der Waals surface area contributed by atoms with Gasteiger partial charge in [-0.15, -0.1) is 0 Å². The fourth-order valence-corrected chi connectivity index (χ4v) is 2.12. The van der Waals surface area contributed by atoms with Crippen LogP contribution in [0, 0.1) is 0 Å². The Labute approximate surface area is 104 Å². The Bertz CT molecular complexity index is 380. The van der Waals surface area contributed by atoms with Crippen molar-refractivity contribution < 1.29 is 17.9 Å². The second-order valence-electron chi connectivity index (χ2n) is 4.68. The zero-order valence-corrected chi connectivity index (χ0v) is 9.91. The first-order valence-corrected chi connectivity index (χ1v) is 6.04. The highest BCUT2D eigenvalue weighted by Gasteiger charge is 2.30. The molecule has 1 aliphatic rings. The molecular weight excluding hydrogens is 243 g/mol. The molecule has 0 atom stereocenters. The molecule has 100 valence electrons. The summed E-state index contributed by atoms with van der Waals surface area (Å²) in [4.78, 5) is 0. The van der Waals surface area contributed by atoms with E-state index in [1.807, 2.05) is 0 Å². The first-order chi connectivity index (χ1) is 8.45. The van der Waals surface area contributed by atoms with Crippen molar-refractivity contribution in [2.75, 3.05) is 0 Å². The van der Waals surface area contributed by atoms with Crippen LogP contribution in [0.1, 0.15) is 31.2 Å². The monoisotopic (exact) mass is 259 g/mol. The standard InChI is InChI=1S/C13H16F3NO/c14-13(15,16)9-1-5-11(6-2-9)18-12-7-3-10(17)4-8-12/h1-2,5-6,10,12H,3-4,7-8,17H2/t10-,12+. The lowest BCUT2D eigenvalue weighted by molar-refractivity contribution is -0.137. The second-order valence-corrected chi connectivity index (χ2v) is 4.68. The minimum absolute atomic E-state index is 0.0709. The Morgan fingerprint density at radius 1 is 1.00 bits per heavy atom. The van der Waals surface area contributed by atoms with Gasteiger partial charge < -0.3 is 10.5 Å². The Morgan fingerprint density at radius 2 is 1.56 bits per heavy atom. The molecule has 2 rings (SSSR count). The van der Waals surface area contributed by atoms with Crippen molar-refractivity contribution in [3.05, 3.63) is 29.8 Å². The number of rotatable bonds is 2. The van der Waals surface area contributed by atoms with E-state index in [0.29, 0.717) is 5.75 Å². The van der Waals surface area contributed by atoms with Crippen molar-refractivity contribution in [1.29, 1.82) is 0 Å². The Hall–Kier alpha value is -1.23. The van der Waals surface area contributed by atoms with Crippen molar-refractivity contribution in [1.82, 2.24) is 0 Å². The molecule has 1 fully saturated rings. The van der Waals surface area contributed by atoms with Crippen LogP contribution in [0.25, 0.3) is 0 Å². The Kier molecular flexibility index (Phi) is 3.80. The molecule has 0 bridgehead atoms. The maximum atomic E-state index is 12.4. The van der Waals surface area contributed by atoms with Crippen LogP contribution in [-0.4, -0.2) is 12.1 Å². The maximum Gasteiger partial charge on any atom is 0.416 e. The lowest BCUT2D eigenvalue weighted by atomic mass is 9.94. The largest absolute Gasteiger partial charge is 0.490 e. The average molecular weight is 259 g/mol. The summed E-state index contributed by atoms with van der Waals surface area (Å²) < 4.78 is 42.7.